The summed E-state index contributed by atoms with van der Waals surface area (Å²) in [6.07, 6.45) is -0.336. The van der Waals surface area contributed by atoms with E-state index in [1.807, 2.05) is 18.2 Å². The first-order chi connectivity index (χ1) is 6.67. The second kappa shape index (κ2) is 5.34. The van der Waals surface area contributed by atoms with Gasteiger partial charge in [0, 0.05) is 10.9 Å². The third-order valence-electron chi connectivity index (χ3n) is 1.92. The third kappa shape index (κ3) is 2.97. The van der Waals surface area contributed by atoms with E-state index < -0.39 is 6.10 Å². The molecular weight excluding hydrogens is 248 g/mol. The van der Waals surface area contributed by atoms with Crippen LogP contribution in [0.25, 0.3) is 0 Å². The van der Waals surface area contributed by atoms with E-state index in [1.165, 1.54) is 0 Å². The van der Waals surface area contributed by atoms with E-state index in [-0.39, 0.29) is 6.61 Å². The Balaban J connectivity index is 2.85. The van der Waals surface area contributed by atoms with Crippen molar-refractivity contribution >= 4 is 15.9 Å². The minimum absolute atomic E-state index is 0.237. The molecule has 2 N–H and O–H groups in total. The van der Waals surface area contributed by atoms with E-state index in [1.54, 1.807) is 7.11 Å². The van der Waals surface area contributed by atoms with Gasteiger partial charge in [-0.15, -0.1) is 0 Å². The predicted molar refractivity (Wildman–Crippen MR) is 57.5 cm³/mol. The Morgan fingerprint density at radius 3 is 2.79 bits per heavy atom. The van der Waals surface area contributed by atoms with Gasteiger partial charge in [-0.05, 0) is 17.7 Å². The van der Waals surface area contributed by atoms with Crippen LogP contribution in [0.5, 0.6) is 5.75 Å². The molecule has 0 fully saturated rings. The van der Waals surface area contributed by atoms with Gasteiger partial charge in [0.2, 0.25) is 0 Å². The lowest BCUT2D eigenvalue weighted by molar-refractivity contribution is 0.0950. The molecule has 0 aliphatic carbocycles. The molecule has 0 amide bonds. The van der Waals surface area contributed by atoms with Crippen molar-refractivity contribution in [3.8, 4) is 5.75 Å². The van der Waals surface area contributed by atoms with E-state index in [2.05, 4.69) is 15.9 Å². The zero-order valence-electron chi connectivity index (χ0n) is 7.90. The maximum Gasteiger partial charge on any atom is 0.123 e. The number of hydrogen-bond donors (Lipinski definition) is 2. The molecule has 1 atom stereocenters. The Labute approximate surface area is 91.5 Å². The molecule has 0 radical (unpaired) electrons. The molecule has 0 bridgehead atoms. The third-order valence-corrected chi connectivity index (χ3v) is 2.41. The van der Waals surface area contributed by atoms with Crippen molar-refractivity contribution in [1.29, 1.82) is 0 Å². The van der Waals surface area contributed by atoms with Crippen molar-refractivity contribution < 1.29 is 14.9 Å². The van der Waals surface area contributed by atoms with Crippen molar-refractivity contribution in [1.82, 2.24) is 0 Å². The molecule has 0 saturated carbocycles. The van der Waals surface area contributed by atoms with Crippen molar-refractivity contribution in [3.63, 3.8) is 0 Å². The van der Waals surface area contributed by atoms with Crippen molar-refractivity contribution in [2.45, 2.75) is 12.5 Å². The molecule has 0 aliphatic rings. The molecule has 3 nitrogen and oxygen atoms in total. The fourth-order valence-corrected chi connectivity index (χ4v) is 1.55. The molecular formula is C10H13BrO3. The molecule has 1 aromatic carbocycles. The van der Waals surface area contributed by atoms with E-state index in [4.69, 9.17) is 9.84 Å². The summed E-state index contributed by atoms with van der Waals surface area (Å²) in [6.45, 7) is -0.237. The number of methoxy groups -OCH3 is 1. The molecule has 1 aromatic rings. The second-order valence-electron chi connectivity index (χ2n) is 3.00. The van der Waals surface area contributed by atoms with Crippen molar-refractivity contribution in [3.05, 3.63) is 28.2 Å². The molecule has 0 aliphatic heterocycles. The molecule has 78 valence electrons. The molecule has 4 heteroatoms. The minimum Gasteiger partial charge on any atom is -0.496 e. The molecule has 0 spiro atoms. The van der Waals surface area contributed by atoms with Crippen LogP contribution in [0.3, 0.4) is 0 Å². The highest BCUT2D eigenvalue weighted by Crippen LogP contribution is 2.24. The maximum atomic E-state index is 9.28. The number of hydrogen-bond acceptors (Lipinski definition) is 3. The van der Waals surface area contributed by atoms with Crippen LogP contribution in [0.15, 0.2) is 22.7 Å². The average molecular weight is 261 g/mol. The van der Waals surface area contributed by atoms with Gasteiger partial charge in [-0.1, -0.05) is 22.0 Å². The van der Waals surface area contributed by atoms with Crippen LogP contribution >= 0.6 is 15.9 Å². The van der Waals surface area contributed by atoms with Crippen LogP contribution in [0, 0.1) is 0 Å². The van der Waals surface area contributed by atoms with Gasteiger partial charge in [0.25, 0.3) is 0 Å². The number of aliphatic hydroxyl groups excluding tert-OH is 2. The number of rotatable bonds is 4. The summed E-state index contributed by atoms with van der Waals surface area (Å²) in [7, 11) is 1.58. The topological polar surface area (TPSA) is 49.7 Å². The van der Waals surface area contributed by atoms with E-state index in [0.29, 0.717) is 12.2 Å². The zero-order chi connectivity index (χ0) is 10.6. The highest BCUT2D eigenvalue weighted by molar-refractivity contribution is 9.10. The second-order valence-corrected chi connectivity index (χ2v) is 3.91. The van der Waals surface area contributed by atoms with Gasteiger partial charge in [0.15, 0.2) is 0 Å². The summed E-state index contributed by atoms with van der Waals surface area (Å²) >= 11 is 3.33. The van der Waals surface area contributed by atoms with Crippen molar-refractivity contribution in [2.75, 3.05) is 13.7 Å². The van der Waals surface area contributed by atoms with Gasteiger partial charge in [-0.3, -0.25) is 0 Å². The largest absolute Gasteiger partial charge is 0.496 e. The Kier molecular flexibility index (Phi) is 4.38. The van der Waals surface area contributed by atoms with Crippen molar-refractivity contribution in [2.24, 2.45) is 0 Å². The first kappa shape index (κ1) is 11.5. The maximum absolute atomic E-state index is 9.28. The van der Waals surface area contributed by atoms with Crippen LogP contribution < -0.4 is 4.74 Å². The summed E-state index contributed by atoms with van der Waals surface area (Å²) < 4.78 is 6.08. The van der Waals surface area contributed by atoms with Gasteiger partial charge >= 0.3 is 0 Å². The predicted octanol–water partition coefficient (Wildman–Crippen LogP) is 1.35. The summed E-state index contributed by atoms with van der Waals surface area (Å²) in [6, 6.07) is 5.57. The fraction of sp³-hybridized carbons (Fsp3) is 0.400. The van der Waals surface area contributed by atoms with Gasteiger partial charge in [-0.2, -0.15) is 0 Å². The van der Waals surface area contributed by atoms with Crippen LogP contribution in [0.1, 0.15) is 5.56 Å². The monoisotopic (exact) mass is 260 g/mol. The first-order valence-electron chi connectivity index (χ1n) is 4.28. The Hall–Kier alpha value is -0.580. The number of ether oxygens (including phenoxy) is 1. The lowest BCUT2D eigenvalue weighted by atomic mass is 10.1. The smallest absolute Gasteiger partial charge is 0.123 e. The highest BCUT2D eigenvalue weighted by Gasteiger charge is 2.08. The lowest BCUT2D eigenvalue weighted by Crippen LogP contribution is -2.15. The van der Waals surface area contributed by atoms with E-state index >= 15 is 0 Å². The normalized spacial score (nSPS) is 12.6. The van der Waals surface area contributed by atoms with Crippen LogP contribution in [-0.2, 0) is 6.42 Å². The summed E-state index contributed by atoms with van der Waals surface area (Å²) in [5, 5.41) is 18.0. The Bertz CT molecular complexity index is 301. The van der Waals surface area contributed by atoms with Gasteiger partial charge in [0.1, 0.15) is 5.75 Å². The average Bonchev–Trinajstić information content (AvgIpc) is 2.20. The number of benzene rings is 1. The van der Waals surface area contributed by atoms with Gasteiger partial charge in [0.05, 0.1) is 19.8 Å². The summed E-state index contributed by atoms with van der Waals surface area (Å²) in [5.41, 5.74) is 0.886. The summed E-state index contributed by atoms with van der Waals surface area (Å²) in [5.74, 6) is 0.715. The fourth-order valence-electron chi connectivity index (χ4n) is 1.21. The van der Waals surface area contributed by atoms with Gasteiger partial charge in [-0.25, -0.2) is 0 Å². The zero-order valence-corrected chi connectivity index (χ0v) is 9.49. The van der Waals surface area contributed by atoms with E-state index in [9.17, 15) is 5.11 Å². The lowest BCUT2D eigenvalue weighted by Gasteiger charge is -2.11. The standard InChI is InChI=1S/C10H13BrO3/c1-14-10-5-8(11)3-2-7(10)4-9(13)6-12/h2-3,5,9,12-13H,4,6H2,1H3. The highest BCUT2D eigenvalue weighted by atomic mass is 79.9. The molecule has 0 heterocycles. The van der Waals surface area contributed by atoms with Gasteiger partial charge < -0.3 is 14.9 Å². The molecule has 1 unspecified atom stereocenters. The van der Waals surface area contributed by atoms with Crippen LogP contribution in [0.2, 0.25) is 0 Å². The minimum atomic E-state index is -0.731. The molecule has 14 heavy (non-hydrogen) atoms. The number of aliphatic hydroxyl groups is 2. The SMILES string of the molecule is COc1cc(Br)ccc1CC(O)CO. The van der Waals surface area contributed by atoms with Crippen LogP contribution in [-0.4, -0.2) is 30.0 Å². The molecule has 0 saturated heterocycles. The summed E-state index contributed by atoms with van der Waals surface area (Å²) in [4.78, 5) is 0. The Morgan fingerprint density at radius 2 is 2.21 bits per heavy atom. The number of halogens is 1. The molecule has 0 aromatic heterocycles. The van der Waals surface area contributed by atoms with Crippen LogP contribution in [0.4, 0.5) is 0 Å². The molecule has 1 rings (SSSR count). The first-order valence-corrected chi connectivity index (χ1v) is 5.08. The Morgan fingerprint density at radius 1 is 1.50 bits per heavy atom. The quantitative estimate of drug-likeness (QED) is 0.860. The van der Waals surface area contributed by atoms with E-state index in [0.717, 1.165) is 10.0 Å².